The fourth-order valence-electron chi connectivity index (χ4n) is 1.07. The van der Waals surface area contributed by atoms with Gasteiger partial charge in [-0.3, -0.25) is 15.3 Å². The van der Waals surface area contributed by atoms with E-state index >= 15 is 0 Å². The van der Waals surface area contributed by atoms with Crippen molar-refractivity contribution < 1.29 is 4.39 Å². The van der Waals surface area contributed by atoms with E-state index in [9.17, 15) is 9.18 Å². The zero-order chi connectivity index (χ0) is 10.3. The number of nitrogens with one attached hydrogen (secondary N) is 2. The maximum Gasteiger partial charge on any atom is 0.311 e. The zero-order valence-corrected chi connectivity index (χ0v) is 6.78. The number of nitrogens with zero attached hydrogens (tertiary/aromatic N) is 3. The van der Waals surface area contributed by atoms with E-state index in [1.54, 1.807) is 0 Å². The highest BCUT2D eigenvalue weighted by Crippen LogP contribution is 2.06. The molecule has 0 spiro atoms. The molecule has 0 atom stereocenters. The van der Waals surface area contributed by atoms with Gasteiger partial charge >= 0.3 is 6.08 Å². The Morgan fingerprint density at radius 1 is 1.50 bits per heavy atom. The number of aromatic nitrogens is 4. The number of imidazole rings is 1. The fraction of sp³-hybridized carbons (Fsp3) is 0. The summed E-state index contributed by atoms with van der Waals surface area (Å²) < 4.78 is 13.7. The molecule has 8 nitrogen and oxygen atoms in total. The van der Waals surface area contributed by atoms with Gasteiger partial charge in [-0.2, -0.15) is 19.0 Å². The van der Waals surface area contributed by atoms with Gasteiger partial charge in [0, 0.05) is 0 Å². The molecule has 14 heavy (non-hydrogen) atoms. The van der Waals surface area contributed by atoms with Crippen molar-refractivity contribution >= 4 is 17.1 Å². The molecule has 0 saturated carbocycles. The van der Waals surface area contributed by atoms with E-state index in [4.69, 9.17) is 11.6 Å². The zero-order valence-electron chi connectivity index (χ0n) is 6.78. The number of anilines is 1. The van der Waals surface area contributed by atoms with Crippen molar-refractivity contribution in [2.24, 2.45) is 5.84 Å². The summed E-state index contributed by atoms with van der Waals surface area (Å²) in [6, 6.07) is 0. The normalized spacial score (nSPS) is 10.7. The van der Waals surface area contributed by atoms with Gasteiger partial charge in [-0.05, 0) is 0 Å². The number of aromatic amines is 1. The summed E-state index contributed by atoms with van der Waals surface area (Å²) in [4.78, 5) is 20.4. The Hall–Kier alpha value is -2.16. The average Bonchev–Trinajstić information content (AvgIpc) is 2.41. The number of nitrogens with two attached hydrogens (primary N) is 2. The van der Waals surface area contributed by atoms with Gasteiger partial charge in [0.25, 0.3) is 5.56 Å². The first-order valence-electron chi connectivity index (χ1n) is 3.54. The molecule has 2 aromatic rings. The molecule has 2 rings (SSSR count). The molecule has 0 aromatic carbocycles. The lowest BCUT2D eigenvalue weighted by Gasteiger charge is -2.00. The van der Waals surface area contributed by atoms with Crippen molar-refractivity contribution in [3.05, 3.63) is 16.4 Å². The van der Waals surface area contributed by atoms with Crippen molar-refractivity contribution in [2.45, 2.75) is 0 Å². The minimum Gasteiger partial charge on any atom is -0.369 e. The average molecular weight is 199 g/mol. The lowest BCUT2D eigenvalue weighted by atomic mass is 10.5. The predicted molar refractivity (Wildman–Crippen MR) is 46.1 cm³/mol. The third kappa shape index (κ3) is 0.992. The monoisotopic (exact) mass is 199 g/mol. The quantitative estimate of drug-likeness (QED) is 0.245. The Morgan fingerprint density at radius 2 is 2.21 bits per heavy atom. The number of nitrogen functional groups attached to an aromatic ring is 2. The summed E-state index contributed by atoms with van der Waals surface area (Å²) in [6.07, 6.45) is -0.967. The van der Waals surface area contributed by atoms with Crippen LogP contribution in [0.2, 0.25) is 0 Å². The van der Waals surface area contributed by atoms with Crippen molar-refractivity contribution in [3.63, 3.8) is 0 Å². The van der Waals surface area contributed by atoms with Crippen LogP contribution in [-0.4, -0.2) is 19.6 Å². The van der Waals surface area contributed by atoms with E-state index < -0.39 is 11.6 Å². The van der Waals surface area contributed by atoms with Gasteiger partial charge in [-0.15, -0.1) is 0 Å². The Labute approximate surface area is 75.7 Å². The summed E-state index contributed by atoms with van der Waals surface area (Å²) in [7, 11) is 0. The maximum atomic E-state index is 13.0. The molecule has 2 aromatic heterocycles. The van der Waals surface area contributed by atoms with Gasteiger partial charge in [-0.1, -0.05) is 0 Å². The second kappa shape index (κ2) is 2.67. The molecule has 74 valence electrons. The molecular formula is C5H6FN7O. The van der Waals surface area contributed by atoms with E-state index in [0.29, 0.717) is 4.68 Å². The highest BCUT2D eigenvalue weighted by Gasteiger charge is 2.14. The molecule has 0 aliphatic heterocycles. The molecule has 6 N–H and O–H groups in total. The van der Waals surface area contributed by atoms with E-state index in [1.165, 1.54) is 0 Å². The van der Waals surface area contributed by atoms with Crippen LogP contribution in [0.4, 0.5) is 10.3 Å². The molecule has 0 bridgehead atoms. The van der Waals surface area contributed by atoms with Crippen LogP contribution in [0.5, 0.6) is 0 Å². The highest BCUT2D eigenvalue weighted by molar-refractivity contribution is 5.70. The fourth-order valence-corrected chi connectivity index (χ4v) is 1.07. The molecule has 0 unspecified atom stereocenters. The van der Waals surface area contributed by atoms with Gasteiger partial charge in [0.15, 0.2) is 11.2 Å². The second-order valence-electron chi connectivity index (χ2n) is 2.47. The van der Waals surface area contributed by atoms with Gasteiger partial charge in [0.05, 0.1) is 0 Å². The summed E-state index contributed by atoms with van der Waals surface area (Å²) in [5.41, 5.74) is 6.38. The number of H-pyrrole nitrogens is 1. The predicted octanol–water partition coefficient (Wildman–Crippen LogP) is -1.74. The largest absolute Gasteiger partial charge is 0.369 e. The SMILES string of the molecule is NNn1c(F)nc2c(=O)[nH]c(N)nc21. The first kappa shape index (κ1) is 8.44. The van der Waals surface area contributed by atoms with Gasteiger partial charge in [0.2, 0.25) is 5.95 Å². The standard InChI is InChI=1S/C5H6FN7O/c6-4-9-1-2(13(4)12-8)10-5(7)11-3(1)14/h12H,8H2,(H3,7,10,11,14). The number of fused-ring (bicyclic) bond motifs is 1. The number of rotatable bonds is 1. The number of hydrogen-bond acceptors (Lipinski definition) is 6. The van der Waals surface area contributed by atoms with Gasteiger partial charge in [-0.25, -0.2) is 5.84 Å². The summed E-state index contributed by atoms with van der Waals surface area (Å²) in [6.45, 7) is 0. The van der Waals surface area contributed by atoms with Crippen LogP contribution in [-0.2, 0) is 0 Å². The molecular weight excluding hydrogens is 193 g/mol. The minimum atomic E-state index is -0.967. The smallest absolute Gasteiger partial charge is 0.311 e. The van der Waals surface area contributed by atoms with Crippen molar-refractivity contribution in [2.75, 3.05) is 11.3 Å². The molecule has 9 heteroatoms. The number of hydrogen-bond donors (Lipinski definition) is 4. The molecule has 0 amide bonds. The highest BCUT2D eigenvalue weighted by atomic mass is 19.1. The summed E-state index contributed by atoms with van der Waals surface area (Å²) in [5, 5.41) is 0. The Morgan fingerprint density at radius 3 is 2.86 bits per heavy atom. The lowest BCUT2D eigenvalue weighted by molar-refractivity contribution is 0.507. The van der Waals surface area contributed by atoms with Crippen LogP contribution in [0, 0.1) is 6.08 Å². The number of halogens is 1. The van der Waals surface area contributed by atoms with Gasteiger partial charge < -0.3 is 5.73 Å². The molecule has 0 aliphatic rings. The third-order valence-corrected chi connectivity index (χ3v) is 1.62. The van der Waals surface area contributed by atoms with E-state index in [2.05, 4.69) is 15.0 Å². The van der Waals surface area contributed by atoms with Gasteiger partial charge in [0.1, 0.15) is 0 Å². The summed E-state index contributed by atoms with van der Waals surface area (Å²) in [5.74, 6) is 4.86. The Balaban J connectivity index is 2.95. The van der Waals surface area contributed by atoms with E-state index in [1.807, 2.05) is 5.53 Å². The van der Waals surface area contributed by atoms with Crippen LogP contribution in [0.1, 0.15) is 0 Å². The minimum absolute atomic E-state index is 0.0637. The van der Waals surface area contributed by atoms with Crippen LogP contribution in [0.3, 0.4) is 0 Å². The van der Waals surface area contributed by atoms with Crippen LogP contribution in [0.25, 0.3) is 11.2 Å². The molecule has 0 saturated heterocycles. The topological polar surface area (TPSA) is 128 Å². The van der Waals surface area contributed by atoms with Crippen molar-refractivity contribution in [1.82, 2.24) is 19.6 Å². The van der Waals surface area contributed by atoms with Crippen molar-refractivity contribution in [3.8, 4) is 0 Å². The van der Waals surface area contributed by atoms with Crippen LogP contribution in [0.15, 0.2) is 4.79 Å². The molecule has 2 heterocycles. The molecule has 0 fully saturated rings. The Kier molecular flexibility index (Phi) is 1.61. The van der Waals surface area contributed by atoms with Crippen molar-refractivity contribution in [1.29, 1.82) is 0 Å². The second-order valence-corrected chi connectivity index (χ2v) is 2.47. The molecule has 0 aliphatic carbocycles. The van der Waals surface area contributed by atoms with E-state index in [0.717, 1.165) is 0 Å². The lowest BCUT2D eigenvalue weighted by Crippen LogP contribution is -2.24. The maximum absolute atomic E-state index is 13.0. The van der Waals surface area contributed by atoms with Crippen LogP contribution >= 0.6 is 0 Å². The van der Waals surface area contributed by atoms with E-state index in [-0.39, 0.29) is 17.1 Å². The third-order valence-electron chi connectivity index (χ3n) is 1.62. The Bertz CT molecular complexity index is 543. The number of hydrazine groups is 1. The summed E-state index contributed by atoms with van der Waals surface area (Å²) >= 11 is 0. The first-order valence-corrected chi connectivity index (χ1v) is 3.54. The molecule has 0 radical (unpaired) electrons. The first-order chi connectivity index (χ1) is 6.63. The van der Waals surface area contributed by atoms with Crippen LogP contribution < -0.4 is 22.7 Å².